The SMILES string of the molecule is CCC(=O)c1c(-c2ccc(F)cc2)oc2cc(N(CC)C(=O)C(F)(F)F)c(-c3cccc(C(=O)NC(C(=O)OC)C(F)(F)F)c3)cc12.CCNc1cc2oc(-c3ccc(F)cc3)c(C(=O)CC)c2cc1-c1cccc(C(=O)NC(C(=O)OC)C(F)(F)F)c1. The van der Waals surface area contributed by atoms with E-state index in [1.807, 2.05) is 6.92 Å². The van der Waals surface area contributed by atoms with Crippen LogP contribution in [0.25, 0.3) is 66.8 Å². The summed E-state index contributed by atoms with van der Waals surface area (Å²) in [5, 5.41) is 7.01. The van der Waals surface area contributed by atoms with Crippen LogP contribution in [0, 0.1) is 11.6 Å². The zero-order valence-electron chi connectivity index (χ0n) is 47.1. The summed E-state index contributed by atoms with van der Waals surface area (Å²) < 4.78 is 169. The molecule has 0 saturated heterocycles. The zero-order chi connectivity index (χ0) is 64.7. The van der Waals surface area contributed by atoms with Crippen LogP contribution in [0.15, 0.2) is 130 Å². The summed E-state index contributed by atoms with van der Waals surface area (Å²) >= 11 is 0. The van der Waals surface area contributed by atoms with Gasteiger partial charge in [0.25, 0.3) is 11.8 Å². The topological polar surface area (TPSA) is 204 Å². The molecular weight excluding hydrogens is 1190 g/mol. The quantitative estimate of drug-likeness (QED) is 0.0417. The van der Waals surface area contributed by atoms with Gasteiger partial charge < -0.3 is 39.2 Å². The number of furan rings is 2. The second-order valence-electron chi connectivity index (χ2n) is 19.1. The number of fused-ring (bicyclic) bond motifs is 2. The molecule has 0 aliphatic carbocycles. The predicted octanol–water partition coefficient (Wildman–Crippen LogP) is 14.0. The van der Waals surface area contributed by atoms with Crippen LogP contribution in [-0.4, -0.2) is 99.1 Å². The van der Waals surface area contributed by atoms with Crippen LogP contribution < -0.4 is 20.9 Å². The molecule has 8 rings (SSSR count). The molecule has 2 unspecified atom stereocenters. The van der Waals surface area contributed by atoms with E-state index in [-0.39, 0.29) is 74.6 Å². The summed E-state index contributed by atoms with van der Waals surface area (Å²) in [6, 6.07) is 20.8. The van der Waals surface area contributed by atoms with Crippen LogP contribution in [0.2, 0.25) is 0 Å². The molecule has 0 aliphatic rings. The van der Waals surface area contributed by atoms with Gasteiger partial charge in [-0.15, -0.1) is 0 Å². The van der Waals surface area contributed by atoms with E-state index in [1.54, 1.807) is 37.4 Å². The van der Waals surface area contributed by atoms with E-state index in [2.05, 4.69) is 14.8 Å². The van der Waals surface area contributed by atoms with E-state index >= 15 is 0 Å². The smallest absolute Gasteiger partial charge is 0.467 e. The molecule has 8 aromatic rings. The maximum Gasteiger partial charge on any atom is 0.471 e. The highest BCUT2D eigenvalue weighted by Crippen LogP contribution is 2.44. The Bertz CT molecular complexity index is 3960. The van der Waals surface area contributed by atoms with Gasteiger partial charge in [-0.3, -0.25) is 24.0 Å². The van der Waals surface area contributed by atoms with Gasteiger partial charge in [0.15, 0.2) is 11.6 Å². The number of ether oxygens (including phenoxy) is 2. The average Bonchev–Trinajstić information content (AvgIpc) is 1.81. The molecule has 0 fully saturated rings. The number of ketones is 2. The molecule has 88 heavy (non-hydrogen) atoms. The number of methoxy groups -OCH3 is 2. The Hall–Kier alpha value is -9.88. The Labute approximate surface area is 492 Å². The minimum Gasteiger partial charge on any atom is -0.467 e. The molecule has 3 N–H and O–H groups in total. The lowest BCUT2D eigenvalue weighted by atomic mass is 9.95. The largest absolute Gasteiger partial charge is 0.471 e. The Morgan fingerprint density at radius 3 is 1.31 bits per heavy atom. The number of alkyl halides is 9. The fourth-order valence-electron chi connectivity index (χ4n) is 9.27. The van der Waals surface area contributed by atoms with Gasteiger partial charge in [0.05, 0.1) is 31.0 Å². The molecule has 15 nitrogen and oxygen atoms in total. The Balaban J connectivity index is 0.000000253. The number of nitrogens with one attached hydrogen (secondary N) is 3. The minimum absolute atomic E-state index is 0.00657. The molecule has 2 aromatic heterocycles. The number of esters is 2. The van der Waals surface area contributed by atoms with Crippen molar-refractivity contribution in [3.63, 3.8) is 0 Å². The molecule has 0 spiro atoms. The van der Waals surface area contributed by atoms with E-state index in [4.69, 9.17) is 8.83 Å². The lowest BCUT2D eigenvalue weighted by molar-refractivity contribution is -0.182. The molecule has 6 aromatic carbocycles. The van der Waals surface area contributed by atoms with Crippen LogP contribution in [-0.2, 0) is 23.9 Å². The lowest BCUT2D eigenvalue weighted by Gasteiger charge is -2.25. The molecule has 3 amide bonds. The van der Waals surface area contributed by atoms with Gasteiger partial charge in [0.2, 0.25) is 12.1 Å². The van der Waals surface area contributed by atoms with Crippen LogP contribution in [0.5, 0.6) is 0 Å². The molecule has 462 valence electrons. The van der Waals surface area contributed by atoms with Crippen molar-refractivity contribution in [3.05, 3.63) is 155 Å². The molecule has 2 heterocycles. The standard InChI is InChI=1S/C32H25F7N2O6.C30H26F4N2O5/c1-4-23(42)25-21-14-20(17-7-6-8-18(13-17)28(43)40-27(29(44)46-3)31(34,35)36)22(41(5-2)30(45)32(37,38)39)15-24(21)47-26(25)16-9-11-19(33)12-10-16;1-4-23(37)25-21-14-20(22(35-5-2)15-24(21)41-26(25)16-9-11-19(31)12-10-16)17-7-6-8-18(13-17)28(38)36-27(29(39)40-3)30(32,33)34/h6-15,27H,4-5H2,1-3H3,(H,40,43);6-15,27,35H,4-5H2,1-3H3,(H,36,38). The number of halogens is 11. The third-order valence-corrected chi connectivity index (χ3v) is 13.5. The highest BCUT2D eigenvalue weighted by molar-refractivity contribution is 6.16. The second kappa shape index (κ2) is 26.8. The summed E-state index contributed by atoms with van der Waals surface area (Å²) in [7, 11) is 1.49. The van der Waals surface area contributed by atoms with E-state index < -0.39 is 89.8 Å². The number of Topliss-reactive ketones (excluding diaryl/α,β-unsaturated/α-hetero) is 2. The van der Waals surface area contributed by atoms with Gasteiger partial charge in [-0.05, 0) is 110 Å². The first kappa shape index (κ1) is 65.7. The fourth-order valence-corrected chi connectivity index (χ4v) is 9.27. The van der Waals surface area contributed by atoms with E-state index in [9.17, 15) is 81.9 Å². The van der Waals surface area contributed by atoms with Crippen molar-refractivity contribution >= 4 is 74.5 Å². The molecule has 0 bridgehead atoms. The fraction of sp³-hybridized carbons (Fsp3) is 0.242. The number of amides is 3. The van der Waals surface area contributed by atoms with E-state index in [0.29, 0.717) is 57.5 Å². The van der Waals surface area contributed by atoms with Gasteiger partial charge in [-0.1, -0.05) is 38.1 Å². The summed E-state index contributed by atoms with van der Waals surface area (Å²) in [6.07, 6.45) is -15.5. The molecule has 0 aliphatic heterocycles. The van der Waals surface area contributed by atoms with Gasteiger partial charge >= 0.3 is 36.4 Å². The normalized spacial score (nSPS) is 12.3. The van der Waals surface area contributed by atoms with Crippen molar-refractivity contribution in [3.8, 4) is 44.9 Å². The molecule has 26 heteroatoms. The Kier molecular flexibility index (Phi) is 20.0. The van der Waals surface area contributed by atoms with Gasteiger partial charge in [-0.25, -0.2) is 18.4 Å². The van der Waals surface area contributed by atoms with Gasteiger partial charge in [0.1, 0.15) is 34.3 Å². The number of benzene rings is 6. The molecule has 0 saturated carbocycles. The number of hydrogen-bond acceptors (Lipinski definition) is 12. The van der Waals surface area contributed by atoms with Crippen molar-refractivity contribution in [1.29, 1.82) is 0 Å². The predicted molar refractivity (Wildman–Crippen MR) is 300 cm³/mol. The number of hydrogen-bond donors (Lipinski definition) is 3. The van der Waals surface area contributed by atoms with Crippen molar-refractivity contribution in [2.75, 3.05) is 37.5 Å². The van der Waals surface area contributed by atoms with Crippen molar-refractivity contribution in [2.24, 2.45) is 0 Å². The first-order chi connectivity index (χ1) is 41.5. The van der Waals surface area contributed by atoms with Crippen LogP contribution >= 0.6 is 0 Å². The first-order valence-corrected chi connectivity index (χ1v) is 26.5. The van der Waals surface area contributed by atoms with Crippen molar-refractivity contribution in [2.45, 2.75) is 71.1 Å². The second-order valence-corrected chi connectivity index (χ2v) is 19.1. The molecular formula is C62H51F11N4O11. The van der Waals surface area contributed by atoms with Crippen LogP contribution in [0.3, 0.4) is 0 Å². The summed E-state index contributed by atoms with van der Waals surface area (Å²) in [5.74, 6) is -9.62. The highest BCUT2D eigenvalue weighted by Gasteiger charge is 2.48. The maximum absolute atomic E-state index is 13.7. The third-order valence-electron chi connectivity index (χ3n) is 13.5. The van der Waals surface area contributed by atoms with Gasteiger partial charge in [0, 0.05) is 87.9 Å². The Morgan fingerprint density at radius 2 is 0.932 bits per heavy atom. The third kappa shape index (κ3) is 14.3. The maximum atomic E-state index is 13.7. The van der Waals surface area contributed by atoms with E-state index in [0.717, 1.165) is 37.4 Å². The summed E-state index contributed by atoms with van der Waals surface area (Å²) in [4.78, 5) is 88.3. The van der Waals surface area contributed by atoms with Gasteiger partial charge in [-0.2, -0.15) is 39.5 Å². The lowest BCUT2D eigenvalue weighted by Crippen LogP contribution is -2.51. The molecule has 2 atom stereocenters. The van der Waals surface area contributed by atoms with Crippen molar-refractivity contribution < 1.29 is 100 Å². The Morgan fingerprint density at radius 1 is 0.523 bits per heavy atom. The first-order valence-electron chi connectivity index (χ1n) is 26.5. The monoisotopic (exact) mass is 1240 g/mol. The van der Waals surface area contributed by atoms with Crippen LogP contribution in [0.4, 0.5) is 59.7 Å². The summed E-state index contributed by atoms with van der Waals surface area (Å²) in [5.41, 5.74) is 1.87. The highest BCUT2D eigenvalue weighted by atomic mass is 19.4. The number of rotatable bonds is 18. The number of carbonyl (C=O) groups excluding carboxylic acids is 7. The minimum atomic E-state index is -5.32. The van der Waals surface area contributed by atoms with Crippen LogP contribution in [0.1, 0.15) is 82.0 Å². The number of carbonyl (C=O) groups is 7. The zero-order valence-corrected chi connectivity index (χ0v) is 47.1. The van der Waals surface area contributed by atoms with E-state index in [1.165, 1.54) is 85.0 Å². The number of anilines is 2. The molecule has 0 radical (unpaired) electrons. The van der Waals surface area contributed by atoms with Crippen molar-refractivity contribution in [1.82, 2.24) is 10.6 Å². The number of nitrogens with zero attached hydrogens (tertiary/aromatic N) is 1. The summed E-state index contributed by atoms with van der Waals surface area (Å²) in [6.45, 7) is 6.38. The average molecular weight is 1240 g/mol.